The molecule has 0 aliphatic rings. The van der Waals surface area contributed by atoms with Crippen molar-refractivity contribution in [2.24, 2.45) is 0 Å². The van der Waals surface area contributed by atoms with E-state index in [0.717, 1.165) is 19.6 Å². The molecule has 0 aliphatic carbocycles. The minimum Gasteiger partial charge on any atom is -0.368 e. The van der Waals surface area contributed by atoms with Crippen molar-refractivity contribution < 1.29 is 4.74 Å². The summed E-state index contributed by atoms with van der Waals surface area (Å²) in [6.45, 7) is 8.47. The first-order chi connectivity index (χ1) is 8.85. The van der Waals surface area contributed by atoms with Crippen LogP contribution in [-0.4, -0.2) is 37.7 Å². The molecule has 0 radical (unpaired) electrons. The Labute approximate surface area is 112 Å². The fourth-order valence-electron chi connectivity index (χ4n) is 1.49. The second kappa shape index (κ2) is 14.0. The quantitative estimate of drug-likeness (QED) is 0.442. The molecule has 0 bridgehead atoms. The minimum absolute atomic E-state index is 0.442. The molecule has 0 unspecified atom stereocenters. The van der Waals surface area contributed by atoms with Crippen LogP contribution >= 0.6 is 0 Å². The molecule has 0 spiro atoms. The van der Waals surface area contributed by atoms with Crippen LogP contribution in [0, 0.1) is 23.2 Å². The summed E-state index contributed by atoms with van der Waals surface area (Å²) in [7, 11) is 0. The van der Waals surface area contributed by atoms with Crippen molar-refractivity contribution in [2.75, 3.05) is 32.8 Å². The zero-order valence-electron chi connectivity index (χ0n) is 11.9. The normalized spacial score (nSPS) is 9.89. The molecule has 0 aromatic carbocycles. The van der Waals surface area contributed by atoms with Crippen molar-refractivity contribution in [3.05, 3.63) is 0 Å². The number of nitriles is 1. The van der Waals surface area contributed by atoms with Gasteiger partial charge in [-0.3, -0.25) is 4.90 Å². The fourth-order valence-corrected chi connectivity index (χ4v) is 1.49. The molecule has 3 nitrogen and oxygen atoms in total. The number of hydrogen-bond acceptors (Lipinski definition) is 3. The minimum atomic E-state index is 0.442. The van der Waals surface area contributed by atoms with Crippen molar-refractivity contribution in [3.63, 3.8) is 0 Å². The van der Waals surface area contributed by atoms with Crippen LogP contribution in [0.4, 0.5) is 0 Å². The molecule has 0 amide bonds. The van der Waals surface area contributed by atoms with Crippen LogP contribution in [-0.2, 0) is 4.74 Å². The summed E-state index contributed by atoms with van der Waals surface area (Å²) < 4.78 is 5.20. The van der Waals surface area contributed by atoms with Gasteiger partial charge in [0.15, 0.2) is 0 Å². The van der Waals surface area contributed by atoms with Crippen molar-refractivity contribution >= 4 is 0 Å². The number of nitrogens with zero attached hydrogens (tertiary/aromatic N) is 2. The Bertz CT molecular complexity index is 264. The van der Waals surface area contributed by atoms with E-state index in [9.17, 15) is 0 Å². The smallest absolute Gasteiger partial charge is 0.107 e. The van der Waals surface area contributed by atoms with E-state index in [1.807, 2.05) is 6.07 Å². The summed E-state index contributed by atoms with van der Waals surface area (Å²) in [5.74, 6) is 6.15. The van der Waals surface area contributed by atoms with Gasteiger partial charge in [-0.15, -0.1) is 0 Å². The molecule has 0 fully saturated rings. The second-order valence-corrected chi connectivity index (χ2v) is 4.30. The van der Waals surface area contributed by atoms with E-state index in [2.05, 4.69) is 30.6 Å². The lowest BCUT2D eigenvalue weighted by atomic mass is 10.2. The summed E-state index contributed by atoms with van der Waals surface area (Å²) >= 11 is 0. The third-order valence-electron chi connectivity index (χ3n) is 2.62. The maximum Gasteiger partial charge on any atom is 0.107 e. The molecule has 3 heteroatoms. The monoisotopic (exact) mass is 250 g/mol. The second-order valence-electron chi connectivity index (χ2n) is 4.30. The molecule has 0 N–H and O–H groups in total. The van der Waals surface area contributed by atoms with Gasteiger partial charge in [-0.25, -0.2) is 0 Å². The third-order valence-corrected chi connectivity index (χ3v) is 2.62. The van der Waals surface area contributed by atoms with Gasteiger partial charge in [-0.05, 0) is 25.9 Å². The lowest BCUT2D eigenvalue weighted by Gasteiger charge is -2.18. The van der Waals surface area contributed by atoms with E-state index in [4.69, 9.17) is 10.00 Å². The van der Waals surface area contributed by atoms with Crippen LogP contribution < -0.4 is 0 Å². The topological polar surface area (TPSA) is 36.3 Å². The van der Waals surface area contributed by atoms with E-state index >= 15 is 0 Å². The Hall–Kier alpha value is -1.03. The van der Waals surface area contributed by atoms with Crippen LogP contribution in [0.15, 0.2) is 0 Å². The van der Waals surface area contributed by atoms with Crippen LogP contribution in [0.3, 0.4) is 0 Å². The van der Waals surface area contributed by atoms with Gasteiger partial charge in [0, 0.05) is 0 Å². The van der Waals surface area contributed by atoms with E-state index in [0.29, 0.717) is 19.6 Å². The number of ether oxygens (including phenoxy) is 1. The largest absolute Gasteiger partial charge is 0.368 e. The SMILES string of the molecule is CCCCN(CC#CCOCCC#N)CCCC. The lowest BCUT2D eigenvalue weighted by Crippen LogP contribution is -2.26. The summed E-state index contributed by atoms with van der Waals surface area (Å²) in [5.41, 5.74) is 0. The Morgan fingerprint density at radius 2 is 1.72 bits per heavy atom. The van der Waals surface area contributed by atoms with Gasteiger partial charge in [-0.1, -0.05) is 38.5 Å². The van der Waals surface area contributed by atoms with Gasteiger partial charge >= 0.3 is 0 Å². The van der Waals surface area contributed by atoms with E-state index in [1.165, 1.54) is 25.7 Å². The molecular weight excluding hydrogens is 224 g/mol. The van der Waals surface area contributed by atoms with E-state index in [-0.39, 0.29) is 0 Å². The first-order valence-corrected chi connectivity index (χ1v) is 6.97. The standard InChI is InChI=1S/C15H26N2O/c1-3-5-11-17(12-6-4-2)13-7-8-14-18-15-9-10-16/h3-6,9,11-15H2,1-2H3. The molecule has 18 heavy (non-hydrogen) atoms. The van der Waals surface area contributed by atoms with Crippen LogP contribution in [0.2, 0.25) is 0 Å². The molecular formula is C15H26N2O. The van der Waals surface area contributed by atoms with E-state index in [1.54, 1.807) is 0 Å². The lowest BCUT2D eigenvalue weighted by molar-refractivity contribution is 0.173. The molecule has 0 saturated carbocycles. The van der Waals surface area contributed by atoms with Gasteiger partial charge < -0.3 is 4.74 Å². The maximum absolute atomic E-state index is 8.33. The van der Waals surface area contributed by atoms with Crippen LogP contribution in [0.5, 0.6) is 0 Å². The highest BCUT2D eigenvalue weighted by molar-refractivity contribution is 5.01. The van der Waals surface area contributed by atoms with Crippen LogP contribution in [0.1, 0.15) is 46.0 Å². The number of rotatable bonds is 10. The van der Waals surface area contributed by atoms with Crippen molar-refractivity contribution in [2.45, 2.75) is 46.0 Å². The maximum atomic E-state index is 8.33. The number of unbranched alkanes of at least 4 members (excludes halogenated alkanes) is 2. The molecule has 0 heterocycles. The van der Waals surface area contributed by atoms with Gasteiger partial charge in [0.1, 0.15) is 6.61 Å². The zero-order chi connectivity index (χ0) is 13.5. The fraction of sp³-hybridized carbons (Fsp3) is 0.800. The first-order valence-electron chi connectivity index (χ1n) is 6.97. The Morgan fingerprint density at radius 3 is 2.28 bits per heavy atom. The van der Waals surface area contributed by atoms with Crippen molar-refractivity contribution in [3.8, 4) is 17.9 Å². The molecule has 0 aromatic rings. The molecule has 0 aromatic heterocycles. The van der Waals surface area contributed by atoms with Crippen LogP contribution in [0.25, 0.3) is 0 Å². The summed E-state index contributed by atoms with van der Waals surface area (Å²) in [5, 5.41) is 8.33. The highest BCUT2D eigenvalue weighted by Gasteiger charge is 2.00. The predicted molar refractivity (Wildman–Crippen MR) is 75.1 cm³/mol. The van der Waals surface area contributed by atoms with Gasteiger partial charge in [-0.2, -0.15) is 5.26 Å². The highest BCUT2D eigenvalue weighted by atomic mass is 16.5. The number of hydrogen-bond donors (Lipinski definition) is 0. The molecule has 0 atom stereocenters. The Kier molecular flexibility index (Phi) is 13.2. The average Bonchev–Trinajstić information content (AvgIpc) is 2.40. The molecule has 0 aliphatic heterocycles. The third kappa shape index (κ3) is 11.5. The predicted octanol–water partition coefficient (Wildman–Crippen LogP) is 2.82. The Morgan fingerprint density at radius 1 is 1.06 bits per heavy atom. The van der Waals surface area contributed by atoms with Gasteiger partial charge in [0.2, 0.25) is 0 Å². The van der Waals surface area contributed by atoms with Gasteiger partial charge in [0.05, 0.1) is 25.6 Å². The molecule has 0 rings (SSSR count). The highest BCUT2D eigenvalue weighted by Crippen LogP contribution is 1.98. The molecule has 0 saturated heterocycles. The van der Waals surface area contributed by atoms with Gasteiger partial charge in [0.25, 0.3) is 0 Å². The zero-order valence-corrected chi connectivity index (χ0v) is 11.9. The van der Waals surface area contributed by atoms with E-state index < -0.39 is 0 Å². The summed E-state index contributed by atoms with van der Waals surface area (Å²) in [4.78, 5) is 2.41. The summed E-state index contributed by atoms with van der Waals surface area (Å²) in [6.07, 6.45) is 5.38. The molecule has 102 valence electrons. The average molecular weight is 250 g/mol. The summed E-state index contributed by atoms with van der Waals surface area (Å²) in [6, 6.07) is 2.04. The van der Waals surface area contributed by atoms with Crippen molar-refractivity contribution in [1.82, 2.24) is 4.90 Å². The van der Waals surface area contributed by atoms with Crippen molar-refractivity contribution in [1.29, 1.82) is 5.26 Å². The Balaban J connectivity index is 3.72. The first kappa shape index (κ1) is 17.0.